The van der Waals surface area contributed by atoms with Crippen LogP contribution in [-0.4, -0.2) is 25.1 Å². The molecule has 4 heteroatoms. The zero-order valence-electron chi connectivity index (χ0n) is 13.2. The molecule has 1 aliphatic heterocycles. The number of hydrogen-bond donors (Lipinski definition) is 0. The largest absolute Gasteiger partial charge is 0.287 e. The van der Waals surface area contributed by atoms with E-state index in [1.165, 1.54) is 22.1 Å². The standard InChI is InChI=1S/C19H21NO2S/c1-16-7-5-6-10-18(16)14-20(13-17-8-3-2-4-9-17)19-11-12-23(21,22)15-19/h2-12,19H,13-15H2,1H3/t19-/m0/s1. The van der Waals surface area contributed by atoms with E-state index < -0.39 is 9.84 Å². The van der Waals surface area contributed by atoms with Crippen molar-refractivity contribution in [3.63, 3.8) is 0 Å². The summed E-state index contributed by atoms with van der Waals surface area (Å²) in [4.78, 5) is 2.23. The second kappa shape index (κ2) is 6.69. The van der Waals surface area contributed by atoms with Crippen molar-refractivity contribution in [2.45, 2.75) is 26.1 Å². The van der Waals surface area contributed by atoms with Gasteiger partial charge in [-0.1, -0.05) is 60.7 Å². The summed E-state index contributed by atoms with van der Waals surface area (Å²) in [6, 6.07) is 18.4. The molecule has 0 saturated heterocycles. The van der Waals surface area contributed by atoms with E-state index in [9.17, 15) is 8.42 Å². The van der Waals surface area contributed by atoms with Gasteiger partial charge in [-0.3, -0.25) is 4.90 Å². The third kappa shape index (κ3) is 4.09. The number of hydrogen-bond acceptors (Lipinski definition) is 3. The first-order chi connectivity index (χ1) is 11.0. The topological polar surface area (TPSA) is 37.4 Å². The third-order valence-electron chi connectivity index (χ3n) is 4.24. The van der Waals surface area contributed by atoms with Crippen LogP contribution in [0.2, 0.25) is 0 Å². The Morgan fingerprint density at radius 3 is 2.35 bits per heavy atom. The zero-order chi connectivity index (χ0) is 16.3. The molecule has 1 aliphatic rings. The van der Waals surface area contributed by atoms with Crippen LogP contribution in [0.5, 0.6) is 0 Å². The van der Waals surface area contributed by atoms with Crippen molar-refractivity contribution in [3.05, 3.63) is 82.8 Å². The normalized spacial score (nSPS) is 19.3. The molecule has 0 aliphatic carbocycles. The van der Waals surface area contributed by atoms with Crippen molar-refractivity contribution in [3.8, 4) is 0 Å². The van der Waals surface area contributed by atoms with Gasteiger partial charge in [-0.2, -0.15) is 0 Å². The molecule has 0 bridgehead atoms. The minimum absolute atomic E-state index is 0.0696. The summed E-state index contributed by atoms with van der Waals surface area (Å²) in [7, 11) is -3.06. The van der Waals surface area contributed by atoms with E-state index in [1.54, 1.807) is 0 Å². The molecule has 0 unspecified atom stereocenters. The molecular formula is C19H21NO2S. The van der Waals surface area contributed by atoms with Crippen LogP contribution >= 0.6 is 0 Å². The van der Waals surface area contributed by atoms with E-state index in [0.717, 1.165) is 13.1 Å². The molecule has 0 aromatic heterocycles. The summed E-state index contributed by atoms with van der Waals surface area (Å²) in [5, 5.41) is 1.35. The predicted molar refractivity (Wildman–Crippen MR) is 93.6 cm³/mol. The van der Waals surface area contributed by atoms with Gasteiger partial charge in [0.2, 0.25) is 0 Å². The van der Waals surface area contributed by atoms with E-state index in [0.29, 0.717) is 0 Å². The van der Waals surface area contributed by atoms with E-state index in [4.69, 9.17) is 0 Å². The number of rotatable bonds is 5. The van der Waals surface area contributed by atoms with Gasteiger partial charge in [0.05, 0.1) is 5.75 Å². The van der Waals surface area contributed by atoms with Crippen molar-refractivity contribution in [2.24, 2.45) is 0 Å². The highest BCUT2D eigenvalue weighted by Crippen LogP contribution is 2.21. The first-order valence-electron chi connectivity index (χ1n) is 7.77. The second-order valence-corrected chi connectivity index (χ2v) is 7.97. The van der Waals surface area contributed by atoms with Crippen molar-refractivity contribution in [2.75, 3.05) is 5.75 Å². The van der Waals surface area contributed by atoms with E-state index >= 15 is 0 Å². The van der Waals surface area contributed by atoms with E-state index in [1.807, 2.05) is 36.4 Å². The average Bonchev–Trinajstić information content (AvgIpc) is 2.90. The first-order valence-corrected chi connectivity index (χ1v) is 9.48. The van der Waals surface area contributed by atoms with Crippen LogP contribution in [-0.2, 0) is 22.9 Å². The van der Waals surface area contributed by atoms with Gasteiger partial charge in [0, 0.05) is 24.5 Å². The smallest absolute Gasteiger partial charge is 0.173 e. The molecule has 1 heterocycles. The fraction of sp³-hybridized carbons (Fsp3) is 0.263. The number of sulfone groups is 1. The van der Waals surface area contributed by atoms with Gasteiger partial charge in [0.25, 0.3) is 0 Å². The van der Waals surface area contributed by atoms with Crippen molar-refractivity contribution >= 4 is 9.84 Å². The second-order valence-electron chi connectivity index (χ2n) is 6.04. The maximum absolute atomic E-state index is 11.8. The lowest BCUT2D eigenvalue weighted by Crippen LogP contribution is -2.35. The van der Waals surface area contributed by atoms with Gasteiger partial charge >= 0.3 is 0 Å². The SMILES string of the molecule is Cc1ccccc1CN(Cc1ccccc1)[C@H]1C=CS(=O)(=O)C1. The lowest BCUT2D eigenvalue weighted by atomic mass is 10.1. The molecule has 2 aromatic rings. The highest BCUT2D eigenvalue weighted by atomic mass is 32.2. The van der Waals surface area contributed by atoms with Crippen LogP contribution in [0.15, 0.2) is 66.1 Å². The molecule has 2 aromatic carbocycles. The number of nitrogens with zero attached hydrogens (tertiary/aromatic N) is 1. The van der Waals surface area contributed by atoms with Crippen LogP contribution in [0.4, 0.5) is 0 Å². The van der Waals surface area contributed by atoms with Gasteiger partial charge < -0.3 is 0 Å². The lowest BCUT2D eigenvalue weighted by Gasteiger charge is -2.28. The van der Waals surface area contributed by atoms with Gasteiger partial charge in [-0.05, 0) is 23.6 Å². The Labute approximate surface area is 138 Å². The summed E-state index contributed by atoms with van der Waals surface area (Å²) in [5.41, 5.74) is 3.66. The molecular weight excluding hydrogens is 306 g/mol. The van der Waals surface area contributed by atoms with Crippen LogP contribution in [0.1, 0.15) is 16.7 Å². The van der Waals surface area contributed by atoms with Crippen LogP contribution in [0.3, 0.4) is 0 Å². The summed E-state index contributed by atoms with van der Waals surface area (Å²) in [6.45, 7) is 3.57. The molecule has 0 N–H and O–H groups in total. The Morgan fingerprint density at radius 1 is 1.00 bits per heavy atom. The first kappa shape index (κ1) is 16.0. The zero-order valence-corrected chi connectivity index (χ0v) is 14.0. The van der Waals surface area contributed by atoms with Crippen molar-refractivity contribution < 1.29 is 8.42 Å². The number of benzene rings is 2. The molecule has 0 saturated carbocycles. The van der Waals surface area contributed by atoms with Crippen LogP contribution in [0, 0.1) is 6.92 Å². The quantitative estimate of drug-likeness (QED) is 0.845. The molecule has 0 fully saturated rings. The summed E-state index contributed by atoms with van der Waals surface area (Å²) in [6.07, 6.45) is 1.82. The van der Waals surface area contributed by atoms with Crippen LogP contribution < -0.4 is 0 Å². The Balaban J connectivity index is 1.85. The van der Waals surface area contributed by atoms with E-state index in [-0.39, 0.29) is 11.8 Å². The Kier molecular flexibility index (Phi) is 4.64. The third-order valence-corrected chi connectivity index (χ3v) is 5.62. The Bertz CT molecular complexity index is 797. The highest BCUT2D eigenvalue weighted by molar-refractivity contribution is 7.94. The summed E-state index contributed by atoms with van der Waals surface area (Å²) >= 11 is 0. The molecule has 3 rings (SSSR count). The summed E-state index contributed by atoms with van der Waals surface area (Å²) < 4.78 is 23.6. The molecule has 1 atom stereocenters. The molecule has 0 radical (unpaired) electrons. The van der Waals surface area contributed by atoms with Crippen molar-refractivity contribution in [1.29, 1.82) is 0 Å². The molecule has 3 nitrogen and oxygen atoms in total. The highest BCUT2D eigenvalue weighted by Gasteiger charge is 2.27. The van der Waals surface area contributed by atoms with Gasteiger partial charge in [-0.25, -0.2) is 8.42 Å². The predicted octanol–water partition coefficient (Wildman–Crippen LogP) is 3.31. The van der Waals surface area contributed by atoms with Gasteiger partial charge in [-0.15, -0.1) is 0 Å². The minimum Gasteiger partial charge on any atom is -0.287 e. The lowest BCUT2D eigenvalue weighted by molar-refractivity contribution is 0.226. The maximum atomic E-state index is 11.8. The van der Waals surface area contributed by atoms with Gasteiger partial charge in [0.15, 0.2) is 9.84 Å². The molecule has 0 spiro atoms. The fourth-order valence-corrected chi connectivity index (χ4v) is 4.23. The summed E-state index contributed by atoms with van der Waals surface area (Å²) in [5.74, 6) is 0.172. The fourth-order valence-electron chi connectivity index (χ4n) is 2.90. The Hall–Kier alpha value is -1.91. The monoisotopic (exact) mass is 327 g/mol. The Morgan fingerprint density at radius 2 is 1.70 bits per heavy atom. The average molecular weight is 327 g/mol. The maximum Gasteiger partial charge on any atom is 0.173 e. The molecule has 23 heavy (non-hydrogen) atoms. The van der Waals surface area contributed by atoms with Crippen molar-refractivity contribution in [1.82, 2.24) is 4.90 Å². The molecule has 120 valence electrons. The molecule has 0 amide bonds. The number of aryl methyl sites for hydroxylation is 1. The minimum atomic E-state index is -3.06. The van der Waals surface area contributed by atoms with Gasteiger partial charge in [0.1, 0.15) is 0 Å². The van der Waals surface area contributed by atoms with Crippen LogP contribution in [0.25, 0.3) is 0 Å². The van der Waals surface area contributed by atoms with E-state index in [2.05, 4.69) is 36.1 Å².